The maximum Gasteiger partial charge on any atom is 0.213 e. The van der Waals surface area contributed by atoms with Crippen LogP contribution in [0.3, 0.4) is 0 Å². The molecule has 0 spiro atoms. The third-order valence-corrected chi connectivity index (χ3v) is 6.76. The molecule has 1 aromatic carbocycles. The van der Waals surface area contributed by atoms with E-state index in [0.717, 1.165) is 19.6 Å². The maximum atomic E-state index is 12.0. The van der Waals surface area contributed by atoms with Gasteiger partial charge in [-0.05, 0) is 36.8 Å². The zero-order chi connectivity index (χ0) is 15.0. The van der Waals surface area contributed by atoms with E-state index in [2.05, 4.69) is 36.1 Å². The van der Waals surface area contributed by atoms with Gasteiger partial charge >= 0.3 is 0 Å². The van der Waals surface area contributed by atoms with Gasteiger partial charge in [-0.2, -0.15) is 0 Å². The summed E-state index contributed by atoms with van der Waals surface area (Å²) in [4.78, 5) is 2.48. The van der Waals surface area contributed by atoms with Crippen LogP contribution >= 0.6 is 0 Å². The van der Waals surface area contributed by atoms with Crippen molar-refractivity contribution in [1.82, 2.24) is 9.21 Å². The quantitative estimate of drug-likeness (QED) is 0.850. The smallest absolute Gasteiger partial charge is 0.213 e. The predicted molar refractivity (Wildman–Crippen MR) is 84.5 cm³/mol. The highest BCUT2D eigenvalue weighted by Crippen LogP contribution is 2.33. The normalized spacial score (nSPS) is 27.1. The van der Waals surface area contributed by atoms with Gasteiger partial charge in [0.05, 0.1) is 5.75 Å². The zero-order valence-electron chi connectivity index (χ0n) is 12.8. The molecule has 5 heteroatoms. The molecule has 3 rings (SSSR count). The molecular weight excluding hydrogens is 284 g/mol. The Bertz CT molecular complexity index is 600. The number of hydrogen-bond acceptors (Lipinski definition) is 3. The lowest BCUT2D eigenvalue weighted by molar-refractivity contribution is 0.289. The topological polar surface area (TPSA) is 40.6 Å². The monoisotopic (exact) mass is 308 g/mol. The summed E-state index contributed by atoms with van der Waals surface area (Å²) in [5.41, 5.74) is 2.72. The van der Waals surface area contributed by atoms with Crippen LogP contribution in [0.25, 0.3) is 0 Å². The molecule has 4 nitrogen and oxygen atoms in total. The van der Waals surface area contributed by atoms with E-state index in [1.807, 2.05) is 0 Å². The molecule has 0 bridgehead atoms. The largest absolute Gasteiger partial charge is 0.298 e. The summed E-state index contributed by atoms with van der Waals surface area (Å²) in [6, 6.07) is 8.51. The number of sulfonamides is 1. The van der Waals surface area contributed by atoms with E-state index in [0.29, 0.717) is 24.9 Å². The molecule has 0 aromatic heterocycles. The number of hydrogen-bond donors (Lipinski definition) is 0. The van der Waals surface area contributed by atoms with Crippen molar-refractivity contribution in [3.05, 3.63) is 35.4 Å². The Morgan fingerprint density at radius 3 is 2.29 bits per heavy atom. The van der Waals surface area contributed by atoms with Gasteiger partial charge < -0.3 is 0 Å². The van der Waals surface area contributed by atoms with E-state index in [1.165, 1.54) is 11.1 Å². The number of rotatable bonds is 4. The summed E-state index contributed by atoms with van der Waals surface area (Å²) in [5.74, 6) is 1.24. The minimum Gasteiger partial charge on any atom is -0.298 e. The second-order valence-corrected chi connectivity index (χ2v) is 8.62. The molecule has 0 aliphatic carbocycles. The molecule has 0 saturated carbocycles. The minimum absolute atomic E-state index is 0.222. The Balaban J connectivity index is 1.61. The third-order valence-electron chi connectivity index (χ3n) is 4.94. The predicted octanol–water partition coefficient (Wildman–Crippen LogP) is 1.71. The number of fused-ring (bicyclic) bond motifs is 1. The number of aryl methyl sites for hydroxylation is 1. The summed E-state index contributed by atoms with van der Waals surface area (Å²) >= 11 is 0. The number of nitrogens with zero attached hydrogens (tertiary/aromatic N) is 2. The molecule has 2 fully saturated rings. The highest BCUT2D eigenvalue weighted by atomic mass is 32.2. The van der Waals surface area contributed by atoms with Gasteiger partial charge in [-0.25, -0.2) is 12.7 Å². The first-order valence-corrected chi connectivity index (χ1v) is 9.35. The summed E-state index contributed by atoms with van der Waals surface area (Å²) in [6.07, 6.45) is 0. The molecule has 2 atom stereocenters. The molecule has 1 aromatic rings. The molecular formula is C16H24N2O2S. The molecule has 0 radical (unpaired) electrons. The highest BCUT2D eigenvalue weighted by molar-refractivity contribution is 7.89. The Hall–Kier alpha value is -0.910. The molecule has 0 N–H and O–H groups in total. The van der Waals surface area contributed by atoms with Crippen LogP contribution in [-0.2, 0) is 16.6 Å². The van der Waals surface area contributed by atoms with Gasteiger partial charge in [-0.1, -0.05) is 24.3 Å². The van der Waals surface area contributed by atoms with Crippen LogP contribution in [-0.4, -0.2) is 49.6 Å². The fraction of sp³-hybridized carbons (Fsp3) is 0.625. The standard InChI is InChI=1S/C16H24N2O2S/c1-3-21(19,20)18-11-15-9-17(10-16(15)12-18)8-14-7-5-4-6-13(14)2/h4-7,15-16H,3,8-12H2,1-2H3. The van der Waals surface area contributed by atoms with Crippen molar-refractivity contribution >= 4 is 10.0 Å². The van der Waals surface area contributed by atoms with Crippen molar-refractivity contribution in [2.45, 2.75) is 20.4 Å². The minimum atomic E-state index is -3.01. The van der Waals surface area contributed by atoms with Crippen molar-refractivity contribution in [2.75, 3.05) is 31.9 Å². The van der Waals surface area contributed by atoms with Crippen LogP contribution in [0.1, 0.15) is 18.1 Å². The fourth-order valence-corrected chi connectivity index (χ4v) is 4.82. The van der Waals surface area contributed by atoms with E-state index < -0.39 is 10.0 Å². The van der Waals surface area contributed by atoms with Crippen LogP contribution in [0.5, 0.6) is 0 Å². The lowest BCUT2D eigenvalue weighted by Gasteiger charge is -2.21. The van der Waals surface area contributed by atoms with E-state index in [1.54, 1.807) is 11.2 Å². The SMILES string of the molecule is CCS(=O)(=O)N1CC2CN(Cc3ccccc3C)CC2C1. The lowest BCUT2D eigenvalue weighted by atomic mass is 10.0. The maximum absolute atomic E-state index is 12.0. The Labute approximate surface area is 127 Å². The molecule has 116 valence electrons. The van der Waals surface area contributed by atoms with Gasteiger partial charge in [0.15, 0.2) is 0 Å². The molecule has 2 heterocycles. The van der Waals surface area contributed by atoms with Gasteiger partial charge in [-0.3, -0.25) is 4.90 Å². The fourth-order valence-electron chi connectivity index (χ4n) is 3.61. The van der Waals surface area contributed by atoms with Gasteiger partial charge in [-0.15, -0.1) is 0 Å². The summed E-state index contributed by atoms with van der Waals surface area (Å²) in [5, 5.41) is 0. The van der Waals surface area contributed by atoms with Crippen molar-refractivity contribution in [3.8, 4) is 0 Å². The summed E-state index contributed by atoms with van der Waals surface area (Å²) in [6.45, 7) is 8.34. The first-order chi connectivity index (χ1) is 9.99. The average molecular weight is 308 g/mol. The van der Waals surface area contributed by atoms with Crippen molar-refractivity contribution in [2.24, 2.45) is 11.8 Å². The molecule has 21 heavy (non-hydrogen) atoms. The first-order valence-electron chi connectivity index (χ1n) is 7.74. The van der Waals surface area contributed by atoms with Gasteiger partial charge in [0, 0.05) is 32.7 Å². The van der Waals surface area contributed by atoms with Crippen molar-refractivity contribution in [3.63, 3.8) is 0 Å². The molecule has 2 aliphatic heterocycles. The van der Waals surface area contributed by atoms with Crippen LogP contribution in [0.15, 0.2) is 24.3 Å². The second-order valence-electron chi connectivity index (χ2n) is 6.36. The van der Waals surface area contributed by atoms with E-state index >= 15 is 0 Å². The third kappa shape index (κ3) is 3.00. The Morgan fingerprint density at radius 1 is 1.10 bits per heavy atom. The Kier molecular flexibility index (Phi) is 4.08. The van der Waals surface area contributed by atoms with Crippen LogP contribution < -0.4 is 0 Å². The number of likely N-dealkylation sites (tertiary alicyclic amines) is 1. The lowest BCUT2D eigenvalue weighted by Crippen LogP contribution is -2.34. The number of benzene rings is 1. The summed E-state index contributed by atoms with van der Waals surface area (Å²) in [7, 11) is -3.01. The highest BCUT2D eigenvalue weighted by Gasteiger charge is 2.43. The van der Waals surface area contributed by atoms with Gasteiger partial charge in [0.2, 0.25) is 10.0 Å². The molecule has 0 amide bonds. The summed E-state index contributed by atoms with van der Waals surface area (Å²) < 4.78 is 25.6. The van der Waals surface area contributed by atoms with Crippen LogP contribution in [0.2, 0.25) is 0 Å². The van der Waals surface area contributed by atoms with Crippen LogP contribution in [0, 0.1) is 18.8 Å². The Morgan fingerprint density at radius 2 is 1.71 bits per heavy atom. The first kappa shape index (κ1) is 15.0. The van der Waals surface area contributed by atoms with E-state index in [9.17, 15) is 8.42 Å². The van der Waals surface area contributed by atoms with Gasteiger partial charge in [0.25, 0.3) is 0 Å². The van der Waals surface area contributed by atoms with Crippen LogP contribution in [0.4, 0.5) is 0 Å². The zero-order valence-corrected chi connectivity index (χ0v) is 13.6. The van der Waals surface area contributed by atoms with Gasteiger partial charge in [0.1, 0.15) is 0 Å². The van der Waals surface area contributed by atoms with Crippen molar-refractivity contribution < 1.29 is 8.42 Å². The van der Waals surface area contributed by atoms with Crippen molar-refractivity contribution in [1.29, 1.82) is 0 Å². The molecule has 2 unspecified atom stereocenters. The molecule has 2 aliphatic rings. The molecule has 2 saturated heterocycles. The second kappa shape index (κ2) is 5.71. The van der Waals surface area contributed by atoms with E-state index in [-0.39, 0.29) is 5.75 Å². The average Bonchev–Trinajstić information content (AvgIpc) is 3.00. The van der Waals surface area contributed by atoms with E-state index in [4.69, 9.17) is 0 Å².